The maximum absolute atomic E-state index is 11.8. The SMILES string of the molecule is CCCN(CC(N)=S)S(=O)(=O)NC(C)C. The molecule has 0 fully saturated rings. The number of nitrogens with one attached hydrogen (secondary N) is 1. The zero-order valence-corrected chi connectivity index (χ0v) is 11.0. The van der Waals surface area contributed by atoms with Crippen molar-refractivity contribution in [3.63, 3.8) is 0 Å². The average Bonchev–Trinajstić information content (AvgIpc) is 2.00. The molecule has 0 heterocycles. The van der Waals surface area contributed by atoms with Crippen molar-refractivity contribution in [2.75, 3.05) is 13.1 Å². The van der Waals surface area contributed by atoms with Crippen molar-refractivity contribution in [1.82, 2.24) is 9.03 Å². The van der Waals surface area contributed by atoms with Gasteiger partial charge in [-0.3, -0.25) is 0 Å². The fourth-order valence-corrected chi connectivity index (χ4v) is 2.79. The van der Waals surface area contributed by atoms with E-state index in [0.717, 1.165) is 6.42 Å². The first kappa shape index (κ1) is 14.8. The Kier molecular flexibility index (Phi) is 6.26. The van der Waals surface area contributed by atoms with Crippen LogP contribution in [0.1, 0.15) is 27.2 Å². The fourth-order valence-electron chi connectivity index (χ4n) is 1.08. The molecule has 0 aliphatic carbocycles. The van der Waals surface area contributed by atoms with Crippen molar-refractivity contribution in [1.29, 1.82) is 0 Å². The molecule has 0 spiro atoms. The molecule has 0 atom stereocenters. The third-order valence-corrected chi connectivity index (χ3v) is 3.42. The van der Waals surface area contributed by atoms with Crippen LogP contribution in [0.25, 0.3) is 0 Å². The summed E-state index contributed by atoms with van der Waals surface area (Å²) in [6, 6.07) is -0.138. The zero-order chi connectivity index (χ0) is 12.1. The Morgan fingerprint density at radius 1 is 1.53 bits per heavy atom. The van der Waals surface area contributed by atoms with E-state index in [2.05, 4.69) is 4.72 Å². The van der Waals surface area contributed by atoms with Crippen molar-refractivity contribution in [3.05, 3.63) is 0 Å². The van der Waals surface area contributed by atoms with Gasteiger partial charge in [-0.2, -0.15) is 17.4 Å². The molecule has 90 valence electrons. The molecule has 15 heavy (non-hydrogen) atoms. The predicted octanol–water partition coefficient (Wildman–Crippen LogP) is 0.227. The van der Waals surface area contributed by atoms with Gasteiger partial charge in [0, 0.05) is 12.6 Å². The summed E-state index contributed by atoms with van der Waals surface area (Å²) in [4.78, 5) is 0.178. The van der Waals surface area contributed by atoms with Crippen molar-refractivity contribution in [3.8, 4) is 0 Å². The summed E-state index contributed by atoms with van der Waals surface area (Å²) in [5.74, 6) is 0. The molecule has 0 aliphatic rings. The van der Waals surface area contributed by atoms with Gasteiger partial charge in [0.1, 0.15) is 0 Å². The molecule has 0 saturated carbocycles. The van der Waals surface area contributed by atoms with E-state index in [1.165, 1.54) is 4.31 Å². The molecule has 5 nitrogen and oxygen atoms in total. The molecule has 0 aromatic heterocycles. The van der Waals surface area contributed by atoms with Crippen LogP contribution in [0, 0.1) is 0 Å². The maximum atomic E-state index is 11.8. The molecule has 0 saturated heterocycles. The van der Waals surface area contributed by atoms with Crippen LogP contribution in [0.3, 0.4) is 0 Å². The van der Waals surface area contributed by atoms with E-state index in [1.807, 2.05) is 6.92 Å². The van der Waals surface area contributed by atoms with Crippen molar-refractivity contribution >= 4 is 27.4 Å². The van der Waals surface area contributed by atoms with Gasteiger partial charge >= 0.3 is 0 Å². The molecule has 0 rings (SSSR count). The quantitative estimate of drug-likeness (QED) is 0.637. The third-order valence-electron chi connectivity index (χ3n) is 1.53. The highest BCUT2D eigenvalue weighted by Crippen LogP contribution is 2.01. The van der Waals surface area contributed by atoms with Gasteiger partial charge in [-0.1, -0.05) is 19.1 Å². The normalized spacial score (nSPS) is 12.3. The lowest BCUT2D eigenvalue weighted by Gasteiger charge is -2.22. The van der Waals surface area contributed by atoms with Crippen LogP contribution in [0.5, 0.6) is 0 Å². The maximum Gasteiger partial charge on any atom is 0.280 e. The molecule has 0 radical (unpaired) electrons. The highest BCUT2D eigenvalue weighted by Gasteiger charge is 2.22. The molecule has 0 bridgehead atoms. The summed E-state index contributed by atoms with van der Waals surface area (Å²) in [5.41, 5.74) is 5.35. The van der Waals surface area contributed by atoms with Gasteiger partial charge in [0.05, 0.1) is 11.5 Å². The Labute approximate surface area is 97.2 Å². The lowest BCUT2D eigenvalue weighted by molar-refractivity contribution is 0.434. The largest absolute Gasteiger partial charge is 0.392 e. The Balaban J connectivity index is 4.66. The van der Waals surface area contributed by atoms with Gasteiger partial charge in [-0.05, 0) is 20.3 Å². The molecule has 0 aromatic rings. The summed E-state index contributed by atoms with van der Waals surface area (Å²) in [5, 5.41) is 0. The summed E-state index contributed by atoms with van der Waals surface area (Å²) < 4.78 is 27.3. The van der Waals surface area contributed by atoms with E-state index in [-0.39, 0.29) is 17.6 Å². The van der Waals surface area contributed by atoms with Crippen LogP contribution in [-0.2, 0) is 10.2 Å². The van der Waals surface area contributed by atoms with Crippen LogP contribution in [0.4, 0.5) is 0 Å². The van der Waals surface area contributed by atoms with Gasteiger partial charge in [0.25, 0.3) is 10.2 Å². The number of hydrogen-bond donors (Lipinski definition) is 2. The topological polar surface area (TPSA) is 75.4 Å². The Hall–Kier alpha value is -0.240. The molecular weight excluding hydrogens is 234 g/mol. The molecule has 0 aromatic carbocycles. The second-order valence-corrected chi connectivity index (χ2v) is 5.80. The number of nitrogens with two attached hydrogens (primary N) is 1. The first-order chi connectivity index (χ1) is 6.79. The van der Waals surface area contributed by atoms with Gasteiger partial charge in [-0.25, -0.2) is 0 Å². The third kappa shape index (κ3) is 6.03. The van der Waals surface area contributed by atoms with Crippen LogP contribution >= 0.6 is 12.2 Å². The molecule has 0 aliphatic heterocycles. The van der Waals surface area contributed by atoms with Crippen molar-refractivity contribution in [2.45, 2.75) is 33.2 Å². The fraction of sp³-hybridized carbons (Fsp3) is 0.875. The molecule has 3 N–H and O–H groups in total. The smallest absolute Gasteiger partial charge is 0.280 e. The van der Waals surface area contributed by atoms with E-state index in [1.54, 1.807) is 13.8 Å². The van der Waals surface area contributed by atoms with E-state index >= 15 is 0 Å². The zero-order valence-electron chi connectivity index (χ0n) is 9.36. The van der Waals surface area contributed by atoms with Crippen LogP contribution in [-0.4, -0.2) is 36.8 Å². The van der Waals surface area contributed by atoms with Crippen LogP contribution < -0.4 is 10.5 Å². The Bertz CT molecular complexity index is 301. The number of nitrogens with zero attached hydrogens (tertiary/aromatic N) is 1. The molecular formula is C8H19N3O2S2. The van der Waals surface area contributed by atoms with Gasteiger partial charge < -0.3 is 5.73 Å². The standard InChI is InChI=1S/C8H19N3O2S2/c1-4-5-11(6-8(9)14)15(12,13)10-7(2)3/h7,10H,4-6H2,1-3H3,(H2,9,14). The minimum absolute atomic E-state index is 0.0885. The highest BCUT2D eigenvalue weighted by atomic mass is 32.2. The van der Waals surface area contributed by atoms with Gasteiger partial charge in [0.15, 0.2) is 0 Å². The van der Waals surface area contributed by atoms with Gasteiger partial charge in [-0.15, -0.1) is 0 Å². The minimum Gasteiger partial charge on any atom is -0.392 e. The lowest BCUT2D eigenvalue weighted by atomic mass is 10.4. The predicted molar refractivity (Wildman–Crippen MR) is 65.8 cm³/mol. The highest BCUT2D eigenvalue weighted by molar-refractivity contribution is 7.87. The number of thiocarbonyl (C=S) groups is 1. The minimum atomic E-state index is -3.46. The summed E-state index contributed by atoms with van der Waals surface area (Å²) in [6.07, 6.45) is 0.724. The molecule has 0 unspecified atom stereocenters. The lowest BCUT2D eigenvalue weighted by Crippen LogP contribution is -2.46. The number of hydrogen-bond acceptors (Lipinski definition) is 3. The van der Waals surface area contributed by atoms with Gasteiger partial charge in [0.2, 0.25) is 0 Å². The number of rotatable bonds is 7. The molecule has 7 heteroatoms. The molecule has 0 amide bonds. The van der Waals surface area contributed by atoms with E-state index in [9.17, 15) is 8.42 Å². The second kappa shape index (κ2) is 6.37. The summed E-state index contributed by atoms with van der Waals surface area (Å²) >= 11 is 4.71. The summed E-state index contributed by atoms with van der Waals surface area (Å²) in [6.45, 7) is 5.94. The van der Waals surface area contributed by atoms with Crippen LogP contribution in [0.15, 0.2) is 0 Å². The average molecular weight is 253 g/mol. The first-order valence-electron chi connectivity index (χ1n) is 4.85. The Morgan fingerprint density at radius 2 is 2.07 bits per heavy atom. The Morgan fingerprint density at radius 3 is 2.40 bits per heavy atom. The van der Waals surface area contributed by atoms with E-state index in [4.69, 9.17) is 18.0 Å². The van der Waals surface area contributed by atoms with E-state index in [0.29, 0.717) is 6.54 Å². The van der Waals surface area contributed by atoms with Crippen molar-refractivity contribution < 1.29 is 8.42 Å². The van der Waals surface area contributed by atoms with E-state index < -0.39 is 10.2 Å². The first-order valence-corrected chi connectivity index (χ1v) is 6.70. The van der Waals surface area contributed by atoms with Crippen LogP contribution in [0.2, 0.25) is 0 Å². The summed E-state index contributed by atoms with van der Waals surface area (Å²) in [7, 11) is -3.46. The van der Waals surface area contributed by atoms with Crippen molar-refractivity contribution in [2.24, 2.45) is 5.73 Å². The monoisotopic (exact) mass is 253 g/mol. The second-order valence-electron chi connectivity index (χ2n) is 3.58.